The summed E-state index contributed by atoms with van der Waals surface area (Å²) in [5.41, 5.74) is 2.19. The predicted molar refractivity (Wildman–Crippen MR) is 256 cm³/mol. The van der Waals surface area contributed by atoms with Crippen LogP contribution in [0.5, 0.6) is 0 Å². The van der Waals surface area contributed by atoms with Crippen LogP contribution in [0.25, 0.3) is 28.6 Å². The van der Waals surface area contributed by atoms with Crippen LogP contribution in [0.2, 0.25) is 0 Å². The lowest BCUT2D eigenvalue weighted by atomic mass is 9.89. The molecule has 376 valence electrons. The summed E-state index contributed by atoms with van der Waals surface area (Å²) in [6.07, 6.45) is 15.3. The Morgan fingerprint density at radius 2 is 1.01 bits per heavy atom. The topological polar surface area (TPSA) is 171 Å². The summed E-state index contributed by atoms with van der Waals surface area (Å²) >= 11 is 0. The number of imidazole rings is 1. The number of benzene rings is 1. The minimum Gasteiger partial charge on any atom is -0.460 e. The number of carbonyl (C=O) groups excluding carboxylic acids is 1. The van der Waals surface area contributed by atoms with E-state index in [4.69, 9.17) is 52.4 Å². The van der Waals surface area contributed by atoms with Crippen LogP contribution in [0.3, 0.4) is 0 Å². The Labute approximate surface area is 396 Å². The zero-order chi connectivity index (χ0) is 47.2. The van der Waals surface area contributed by atoms with E-state index in [0.717, 1.165) is 56.1 Å². The quantitative estimate of drug-likeness (QED) is 0.0382. The zero-order valence-electron chi connectivity index (χ0n) is 40.3. The normalized spacial score (nSPS) is 15.1. The fraction of sp³-hybridized carbons (Fsp3) is 0.720. The number of nitrogens with zero attached hydrogens (tertiary/aromatic N) is 4. The van der Waals surface area contributed by atoms with Crippen LogP contribution < -0.4 is 11.2 Å². The number of hydrogen-bond donors (Lipinski definition) is 0. The first-order valence-corrected chi connectivity index (χ1v) is 24.8. The van der Waals surface area contributed by atoms with E-state index in [0.29, 0.717) is 154 Å². The van der Waals surface area contributed by atoms with Gasteiger partial charge in [-0.3, -0.25) is 13.9 Å². The van der Waals surface area contributed by atoms with Crippen LogP contribution in [-0.4, -0.2) is 151 Å². The van der Waals surface area contributed by atoms with Crippen molar-refractivity contribution in [1.29, 1.82) is 0 Å². The Kier molecular flexibility index (Phi) is 26.6. The van der Waals surface area contributed by atoms with Gasteiger partial charge in [0.2, 0.25) is 0 Å². The molecule has 2 saturated carbocycles. The molecule has 2 aliphatic rings. The highest BCUT2D eigenvalue weighted by atomic mass is 16.6. The Morgan fingerprint density at radius 3 is 1.46 bits per heavy atom. The van der Waals surface area contributed by atoms with Crippen molar-refractivity contribution >= 4 is 23.2 Å². The van der Waals surface area contributed by atoms with Gasteiger partial charge in [-0.05, 0) is 55.6 Å². The number of aromatic nitrogens is 4. The summed E-state index contributed by atoms with van der Waals surface area (Å²) in [4.78, 5) is 46.0. The van der Waals surface area contributed by atoms with Gasteiger partial charge in [0.05, 0.1) is 112 Å². The monoisotopic (exact) mass is 943 g/mol. The molecule has 2 fully saturated rings. The van der Waals surface area contributed by atoms with Crippen molar-refractivity contribution in [1.82, 2.24) is 18.7 Å². The summed E-state index contributed by atoms with van der Waals surface area (Å²) in [6.45, 7) is 11.9. The number of rotatable bonds is 36. The first kappa shape index (κ1) is 54.2. The van der Waals surface area contributed by atoms with Gasteiger partial charge in [-0.25, -0.2) is 14.6 Å². The van der Waals surface area contributed by atoms with Gasteiger partial charge in [0.25, 0.3) is 5.56 Å². The predicted octanol–water partition coefficient (Wildman–Crippen LogP) is 5.93. The van der Waals surface area contributed by atoms with Gasteiger partial charge in [0.1, 0.15) is 12.4 Å². The molecular weight excluding hydrogens is 865 g/mol. The lowest BCUT2D eigenvalue weighted by Gasteiger charge is -2.25. The van der Waals surface area contributed by atoms with Gasteiger partial charge in [0, 0.05) is 38.4 Å². The van der Waals surface area contributed by atoms with Crippen molar-refractivity contribution in [2.24, 2.45) is 11.8 Å². The average molecular weight is 943 g/mol. The number of methoxy groups -OCH3 is 1. The lowest BCUT2D eigenvalue weighted by molar-refractivity contribution is -0.139. The number of hydrogen-bond acceptors (Lipinski definition) is 14. The maximum atomic E-state index is 14.3. The van der Waals surface area contributed by atoms with E-state index in [9.17, 15) is 14.4 Å². The Balaban J connectivity index is 0.938. The summed E-state index contributed by atoms with van der Waals surface area (Å²) in [5, 5.41) is 0. The number of esters is 1. The molecule has 3 aromatic rings. The molecular formula is C50H78N4O13. The fourth-order valence-electron chi connectivity index (χ4n) is 8.47. The number of fused-ring (bicyclic) bond motifs is 1. The molecule has 2 aromatic heterocycles. The maximum Gasteiger partial charge on any atom is 0.332 e. The minimum atomic E-state index is -0.470. The third kappa shape index (κ3) is 19.6. The summed E-state index contributed by atoms with van der Waals surface area (Å²) < 4.78 is 59.4. The third-order valence-electron chi connectivity index (χ3n) is 12.0. The Morgan fingerprint density at radius 1 is 0.582 bits per heavy atom. The zero-order valence-corrected chi connectivity index (χ0v) is 40.3. The number of aryl methyl sites for hydroxylation is 1. The molecule has 0 aliphatic heterocycles. The van der Waals surface area contributed by atoms with E-state index in [1.807, 2.05) is 33.4 Å². The van der Waals surface area contributed by atoms with E-state index in [2.05, 4.69) is 6.92 Å². The minimum absolute atomic E-state index is 0.119. The highest BCUT2D eigenvalue weighted by Crippen LogP contribution is 2.29. The summed E-state index contributed by atoms with van der Waals surface area (Å²) in [6, 6.07) is 7.71. The second kappa shape index (κ2) is 32.9. The molecule has 2 aliphatic carbocycles. The molecule has 0 amide bonds. The van der Waals surface area contributed by atoms with Gasteiger partial charge in [-0.2, -0.15) is 0 Å². The summed E-state index contributed by atoms with van der Waals surface area (Å²) in [5.74, 6) is 0.932. The molecule has 0 radical (unpaired) electrons. The molecule has 0 saturated heterocycles. The van der Waals surface area contributed by atoms with Crippen LogP contribution >= 0.6 is 0 Å². The van der Waals surface area contributed by atoms with Gasteiger partial charge >= 0.3 is 11.7 Å². The lowest BCUT2D eigenvalue weighted by Crippen LogP contribution is -2.43. The third-order valence-corrected chi connectivity index (χ3v) is 12.0. The molecule has 0 spiro atoms. The molecule has 0 bridgehead atoms. The first-order chi connectivity index (χ1) is 33.0. The largest absolute Gasteiger partial charge is 0.460 e. The molecule has 1 aromatic carbocycles. The molecule has 5 rings (SSSR count). The number of ether oxygens (including phenoxy) is 10. The van der Waals surface area contributed by atoms with Crippen LogP contribution in [0.4, 0.5) is 0 Å². The van der Waals surface area contributed by atoms with E-state index in [1.54, 1.807) is 13.2 Å². The Hall–Kier alpha value is -3.78. The molecule has 0 unspecified atom stereocenters. The van der Waals surface area contributed by atoms with E-state index in [-0.39, 0.29) is 24.5 Å². The van der Waals surface area contributed by atoms with Crippen molar-refractivity contribution in [3.8, 4) is 11.4 Å². The second-order valence-electron chi connectivity index (χ2n) is 17.1. The average Bonchev–Trinajstić information content (AvgIpc) is 3.73. The Bertz CT molecular complexity index is 1950. The van der Waals surface area contributed by atoms with Crippen LogP contribution in [-0.2, 0) is 71.8 Å². The van der Waals surface area contributed by atoms with Crippen molar-refractivity contribution in [3.63, 3.8) is 0 Å². The molecule has 2 heterocycles. The van der Waals surface area contributed by atoms with Gasteiger partial charge < -0.3 is 51.9 Å². The summed E-state index contributed by atoms with van der Waals surface area (Å²) in [7, 11) is 1.64. The van der Waals surface area contributed by atoms with Crippen molar-refractivity contribution < 1.29 is 52.2 Å². The SMILES string of the molecule is CCCn1c(-c2ccc(/C=C/C(=O)OCCOCCOCCOCCOCCOCCOCCOCCOCCOC)cc2)nc2c1c(=O)n(CC1CCCCC1)c(=O)n2CC1CCCCC1. The first-order valence-electron chi connectivity index (χ1n) is 24.8. The van der Waals surface area contributed by atoms with Gasteiger partial charge in [-0.15, -0.1) is 0 Å². The standard InChI is InChI=1S/C50H78N4O13/c1-3-20-52-46-48(53(39-42-10-6-4-7-11-42)50(57)54(49(46)56)40-43-12-8-5-9-13-43)51-47(52)44-17-14-41(15-18-44)16-19-45(55)67-38-37-66-36-35-65-34-33-64-32-31-63-30-29-62-28-27-61-26-25-60-24-23-59-22-21-58-2/h14-19,42-43H,3-13,20-40H2,1-2H3/b19-16+. The van der Waals surface area contributed by atoms with Crippen LogP contribution in [0.1, 0.15) is 83.1 Å². The smallest absolute Gasteiger partial charge is 0.332 e. The molecule has 17 nitrogen and oxygen atoms in total. The van der Waals surface area contributed by atoms with Gasteiger partial charge in [-0.1, -0.05) is 69.7 Å². The van der Waals surface area contributed by atoms with E-state index in [1.165, 1.54) is 36.3 Å². The fourth-order valence-corrected chi connectivity index (χ4v) is 8.47. The molecule has 0 N–H and O–H groups in total. The number of carbonyl (C=O) groups is 1. The molecule has 0 atom stereocenters. The van der Waals surface area contributed by atoms with E-state index >= 15 is 0 Å². The highest BCUT2D eigenvalue weighted by molar-refractivity contribution is 5.87. The molecule has 17 heteroatoms. The van der Waals surface area contributed by atoms with Crippen molar-refractivity contribution in [2.75, 3.05) is 126 Å². The van der Waals surface area contributed by atoms with Crippen molar-refractivity contribution in [3.05, 3.63) is 56.7 Å². The van der Waals surface area contributed by atoms with E-state index < -0.39 is 5.97 Å². The van der Waals surface area contributed by atoms with Crippen molar-refractivity contribution in [2.45, 2.75) is 97.2 Å². The van der Waals surface area contributed by atoms with Crippen LogP contribution in [0, 0.1) is 11.8 Å². The maximum absolute atomic E-state index is 14.3. The van der Waals surface area contributed by atoms with Crippen LogP contribution in [0.15, 0.2) is 39.9 Å². The van der Waals surface area contributed by atoms with Gasteiger partial charge in [0.15, 0.2) is 11.2 Å². The highest BCUT2D eigenvalue weighted by Gasteiger charge is 2.26. The molecule has 67 heavy (non-hydrogen) atoms. The second-order valence-corrected chi connectivity index (χ2v) is 17.1.